The summed E-state index contributed by atoms with van der Waals surface area (Å²) in [6.07, 6.45) is 4.52. The van der Waals surface area contributed by atoms with Gasteiger partial charge in [0.1, 0.15) is 11.5 Å². The molecule has 0 aliphatic heterocycles. The maximum absolute atomic E-state index is 8.98. The van der Waals surface area contributed by atoms with Crippen LogP contribution in [0.5, 0.6) is 11.5 Å². The van der Waals surface area contributed by atoms with E-state index in [4.69, 9.17) is 9.84 Å². The van der Waals surface area contributed by atoms with E-state index < -0.39 is 0 Å². The number of pyridine rings is 1. The van der Waals surface area contributed by atoms with Crippen LogP contribution in [0.2, 0.25) is 0 Å². The van der Waals surface area contributed by atoms with Gasteiger partial charge < -0.3 is 15.2 Å². The first-order valence-corrected chi connectivity index (χ1v) is 6.38. The van der Waals surface area contributed by atoms with Gasteiger partial charge in [0.2, 0.25) is 0 Å². The summed E-state index contributed by atoms with van der Waals surface area (Å²) in [5.74, 6) is 1.42. The van der Waals surface area contributed by atoms with E-state index in [0.717, 1.165) is 30.0 Å². The summed E-state index contributed by atoms with van der Waals surface area (Å²) in [6.45, 7) is 3.07. The maximum Gasteiger partial charge on any atom is 0.147 e. The first-order chi connectivity index (χ1) is 9.31. The molecule has 0 saturated carbocycles. The second kappa shape index (κ2) is 6.75. The van der Waals surface area contributed by atoms with Gasteiger partial charge in [0.05, 0.1) is 24.7 Å². The van der Waals surface area contributed by atoms with E-state index in [1.807, 2.05) is 30.3 Å². The lowest BCUT2D eigenvalue weighted by Gasteiger charge is -2.08. The number of ether oxygens (including phenoxy) is 1. The highest BCUT2D eigenvalue weighted by molar-refractivity contribution is 5.46. The topological polar surface area (TPSA) is 54.4 Å². The molecule has 2 rings (SSSR count). The molecule has 1 aromatic heterocycles. The van der Waals surface area contributed by atoms with Gasteiger partial charge in [0.25, 0.3) is 0 Å². The summed E-state index contributed by atoms with van der Waals surface area (Å²) in [6, 6.07) is 9.25. The second-order valence-electron chi connectivity index (χ2n) is 4.24. The molecule has 0 aliphatic rings. The number of nitrogens with zero attached hydrogens (tertiary/aromatic N) is 1. The zero-order valence-corrected chi connectivity index (χ0v) is 11.0. The number of nitrogens with one attached hydrogen (secondary N) is 1. The quantitative estimate of drug-likeness (QED) is 0.835. The fourth-order valence-corrected chi connectivity index (χ4v) is 1.64. The monoisotopic (exact) mass is 258 g/mol. The molecular weight excluding hydrogens is 240 g/mol. The van der Waals surface area contributed by atoms with Gasteiger partial charge in [-0.15, -0.1) is 0 Å². The third-order valence-corrected chi connectivity index (χ3v) is 2.63. The average molecular weight is 258 g/mol. The Balaban J connectivity index is 2.05. The van der Waals surface area contributed by atoms with Crippen LogP contribution in [0.4, 0.5) is 5.69 Å². The van der Waals surface area contributed by atoms with Crippen molar-refractivity contribution in [3.63, 3.8) is 0 Å². The molecule has 0 amide bonds. The lowest BCUT2D eigenvalue weighted by molar-refractivity contribution is 0.281. The van der Waals surface area contributed by atoms with Crippen LogP contribution in [0.3, 0.4) is 0 Å². The third kappa shape index (κ3) is 3.96. The molecule has 100 valence electrons. The molecule has 19 heavy (non-hydrogen) atoms. The van der Waals surface area contributed by atoms with Crippen molar-refractivity contribution in [3.05, 3.63) is 48.3 Å². The van der Waals surface area contributed by atoms with Gasteiger partial charge in [-0.1, -0.05) is 19.1 Å². The normalized spacial score (nSPS) is 10.2. The summed E-state index contributed by atoms with van der Waals surface area (Å²) in [7, 11) is 0. The van der Waals surface area contributed by atoms with Crippen molar-refractivity contribution in [2.75, 3.05) is 11.9 Å². The average Bonchev–Trinajstić information content (AvgIpc) is 2.46. The summed E-state index contributed by atoms with van der Waals surface area (Å²) in [5, 5.41) is 12.2. The minimum absolute atomic E-state index is 0.0399. The zero-order valence-electron chi connectivity index (χ0n) is 11.0. The molecule has 0 atom stereocenters. The first kappa shape index (κ1) is 13.4. The van der Waals surface area contributed by atoms with E-state index in [0.29, 0.717) is 5.75 Å². The number of anilines is 1. The fraction of sp³-hybridized carbons (Fsp3) is 0.267. The van der Waals surface area contributed by atoms with Crippen LogP contribution in [0.1, 0.15) is 18.9 Å². The number of rotatable bonds is 6. The van der Waals surface area contributed by atoms with Crippen molar-refractivity contribution in [1.29, 1.82) is 0 Å². The minimum atomic E-state index is 0.0399. The van der Waals surface area contributed by atoms with Gasteiger partial charge in [-0.2, -0.15) is 0 Å². The predicted octanol–water partition coefficient (Wildman–Crippen LogP) is 3.19. The fourth-order valence-electron chi connectivity index (χ4n) is 1.64. The van der Waals surface area contributed by atoms with E-state index in [-0.39, 0.29) is 6.61 Å². The van der Waals surface area contributed by atoms with Crippen LogP contribution in [0.25, 0.3) is 0 Å². The van der Waals surface area contributed by atoms with E-state index in [9.17, 15) is 0 Å². The van der Waals surface area contributed by atoms with Gasteiger partial charge in [-0.05, 0) is 24.1 Å². The molecule has 1 aromatic carbocycles. The van der Waals surface area contributed by atoms with E-state index in [1.54, 1.807) is 12.4 Å². The number of aliphatic hydroxyl groups is 1. The van der Waals surface area contributed by atoms with Gasteiger partial charge in [0.15, 0.2) is 0 Å². The van der Waals surface area contributed by atoms with E-state index in [2.05, 4.69) is 17.2 Å². The summed E-state index contributed by atoms with van der Waals surface area (Å²) >= 11 is 0. The number of aliphatic hydroxyl groups excluding tert-OH is 1. The molecule has 0 radical (unpaired) electrons. The Labute approximate surface area is 113 Å². The highest BCUT2D eigenvalue weighted by Crippen LogP contribution is 2.23. The second-order valence-corrected chi connectivity index (χ2v) is 4.24. The van der Waals surface area contributed by atoms with Crippen molar-refractivity contribution in [1.82, 2.24) is 4.98 Å². The standard InChI is InChI=1S/C15H18N2O2/c1-2-7-17-13-8-15(10-16-9-13)19-14-5-3-12(11-18)4-6-14/h3-6,8-10,17-18H,2,7,11H2,1H3. The molecule has 0 fully saturated rings. The van der Waals surface area contributed by atoms with Crippen molar-refractivity contribution >= 4 is 5.69 Å². The number of hydrogen-bond acceptors (Lipinski definition) is 4. The van der Waals surface area contributed by atoms with Crippen LogP contribution in [-0.2, 0) is 6.61 Å². The van der Waals surface area contributed by atoms with Gasteiger partial charge in [0, 0.05) is 12.6 Å². The molecule has 2 aromatic rings. The molecule has 1 heterocycles. The molecular formula is C15H18N2O2. The molecule has 0 aliphatic carbocycles. The molecule has 2 N–H and O–H groups in total. The largest absolute Gasteiger partial charge is 0.456 e. The van der Waals surface area contributed by atoms with Crippen LogP contribution >= 0.6 is 0 Å². The molecule has 0 spiro atoms. The molecule has 4 heteroatoms. The van der Waals surface area contributed by atoms with Crippen LogP contribution in [-0.4, -0.2) is 16.6 Å². The van der Waals surface area contributed by atoms with Crippen molar-refractivity contribution in [2.45, 2.75) is 20.0 Å². The summed E-state index contributed by atoms with van der Waals surface area (Å²) in [4.78, 5) is 4.14. The van der Waals surface area contributed by atoms with Gasteiger partial charge >= 0.3 is 0 Å². The lowest BCUT2D eigenvalue weighted by Crippen LogP contribution is -2.00. The van der Waals surface area contributed by atoms with E-state index in [1.165, 1.54) is 0 Å². The molecule has 0 saturated heterocycles. The maximum atomic E-state index is 8.98. The van der Waals surface area contributed by atoms with Crippen molar-refractivity contribution in [2.24, 2.45) is 0 Å². The highest BCUT2D eigenvalue weighted by Gasteiger charge is 2.00. The Morgan fingerprint density at radius 2 is 1.95 bits per heavy atom. The van der Waals surface area contributed by atoms with Crippen LogP contribution < -0.4 is 10.1 Å². The lowest BCUT2D eigenvalue weighted by atomic mass is 10.2. The molecule has 0 bridgehead atoms. The van der Waals surface area contributed by atoms with Crippen molar-refractivity contribution < 1.29 is 9.84 Å². The Hall–Kier alpha value is -2.07. The smallest absolute Gasteiger partial charge is 0.147 e. The van der Waals surface area contributed by atoms with Crippen molar-refractivity contribution in [3.8, 4) is 11.5 Å². The van der Waals surface area contributed by atoms with Gasteiger partial charge in [-0.25, -0.2) is 0 Å². The Morgan fingerprint density at radius 1 is 1.16 bits per heavy atom. The molecule has 4 nitrogen and oxygen atoms in total. The summed E-state index contributed by atoms with van der Waals surface area (Å²) < 4.78 is 5.71. The van der Waals surface area contributed by atoms with Gasteiger partial charge in [-0.3, -0.25) is 4.98 Å². The molecule has 0 unspecified atom stereocenters. The predicted molar refractivity (Wildman–Crippen MR) is 75.5 cm³/mol. The number of hydrogen-bond donors (Lipinski definition) is 2. The van der Waals surface area contributed by atoms with Crippen LogP contribution in [0, 0.1) is 0 Å². The Bertz CT molecular complexity index is 512. The highest BCUT2D eigenvalue weighted by atomic mass is 16.5. The number of benzene rings is 1. The van der Waals surface area contributed by atoms with Crippen LogP contribution in [0.15, 0.2) is 42.7 Å². The third-order valence-electron chi connectivity index (χ3n) is 2.63. The minimum Gasteiger partial charge on any atom is -0.456 e. The summed E-state index contributed by atoms with van der Waals surface area (Å²) in [5.41, 5.74) is 1.81. The Morgan fingerprint density at radius 3 is 2.63 bits per heavy atom. The SMILES string of the molecule is CCCNc1cncc(Oc2ccc(CO)cc2)c1. The van der Waals surface area contributed by atoms with E-state index >= 15 is 0 Å². The Kier molecular flexibility index (Phi) is 4.75. The number of aromatic nitrogens is 1. The first-order valence-electron chi connectivity index (χ1n) is 6.38. The zero-order chi connectivity index (χ0) is 13.5.